The van der Waals surface area contributed by atoms with Gasteiger partial charge in [0.1, 0.15) is 0 Å². The zero-order valence-electron chi connectivity index (χ0n) is 8.83. The summed E-state index contributed by atoms with van der Waals surface area (Å²) < 4.78 is 0. The minimum absolute atomic E-state index is 0.556. The predicted molar refractivity (Wildman–Crippen MR) is 64.1 cm³/mol. The van der Waals surface area contributed by atoms with E-state index >= 15 is 0 Å². The van der Waals surface area contributed by atoms with Crippen molar-refractivity contribution >= 4 is 23.3 Å². The number of hydrogen-bond donors (Lipinski definition) is 3. The molecule has 0 saturated carbocycles. The molecule has 0 fully saturated rings. The van der Waals surface area contributed by atoms with Crippen LogP contribution in [0.1, 0.15) is 18.9 Å². The number of halogens is 1. The normalized spacial score (nSPS) is 11.1. The molecule has 1 aromatic rings. The van der Waals surface area contributed by atoms with E-state index in [-0.39, 0.29) is 0 Å². The van der Waals surface area contributed by atoms with Gasteiger partial charge in [-0.25, -0.2) is 16.1 Å². The molecular formula is C10H13ClN4O. The summed E-state index contributed by atoms with van der Waals surface area (Å²) in [5.41, 5.74) is 5.86. The molecule has 0 radical (unpaired) electrons. The van der Waals surface area contributed by atoms with Crippen LogP contribution >= 0.6 is 11.6 Å². The molecule has 0 aliphatic carbocycles. The van der Waals surface area contributed by atoms with E-state index in [1.165, 1.54) is 0 Å². The average molecular weight is 241 g/mol. The van der Waals surface area contributed by atoms with Crippen LogP contribution in [-0.4, -0.2) is 11.7 Å². The summed E-state index contributed by atoms with van der Waals surface area (Å²) in [5, 5.41) is 4.60. The number of carbonyl (C=O) groups excluding carboxylic acids is 1. The van der Waals surface area contributed by atoms with Gasteiger partial charge in [0.2, 0.25) is 0 Å². The predicted octanol–water partition coefficient (Wildman–Crippen LogP) is 1.63. The van der Waals surface area contributed by atoms with Crippen LogP contribution < -0.4 is 16.7 Å². The van der Waals surface area contributed by atoms with Gasteiger partial charge in [-0.05, 0) is 24.1 Å². The number of hydrogen-bond acceptors (Lipinski definition) is 3. The summed E-state index contributed by atoms with van der Waals surface area (Å²) >= 11 is 5.77. The summed E-state index contributed by atoms with van der Waals surface area (Å²) in [7, 11) is 0. The monoisotopic (exact) mass is 240 g/mol. The fourth-order valence-corrected chi connectivity index (χ4v) is 1.27. The van der Waals surface area contributed by atoms with Gasteiger partial charge < -0.3 is 0 Å². The third-order valence-corrected chi connectivity index (χ3v) is 2.19. The minimum atomic E-state index is -0.556. The SMILES string of the molecule is CC/C(=N\NC(=O)NN)c1ccc(Cl)cc1. The Kier molecular flexibility index (Phi) is 4.75. The second kappa shape index (κ2) is 6.09. The lowest BCUT2D eigenvalue weighted by Crippen LogP contribution is -2.37. The summed E-state index contributed by atoms with van der Waals surface area (Å²) in [6.45, 7) is 1.94. The van der Waals surface area contributed by atoms with E-state index in [2.05, 4.69) is 10.5 Å². The van der Waals surface area contributed by atoms with Crippen LogP contribution in [0.15, 0.2) is 29.4 Å². The molecule has 4 N–H and O–H groups in total. The van der Waals surface area contributed by atoms with Crippen molar-refractivity contribution in [3.8, 4) is 0 Å². The fourth-order valence-electron chi connectivity index (χ4n) is 1.14. The van der Waals surface area contributed by atoms with E-state index in [0.717, 1.165) is 11.3 Å². The van der Waals surface area contributed by atoms with Crippen LogP contribution in [0.5, 0.6) is 0 Å². The molecule has 0 spiro atoms. The zero-order valence-corrected chi connectivity index (χ0v) is 9.58. The highest BCUT2D eigenvalue weighted by molar-refractivity contribution is 6.30. The van der Waals surface area contributed by atoms with Crippen molar-refractivity contribution in [1.29, 1.82) is 0 Å². The number of benzene rings is 1. The molecule has 5 nitrogen and oxygen atoms in total. The van der Waals surface area contributed by atoms with Crippen LogP contribution in [0.25, 0.3) is 0 Å². The van der Waals surface area contributed by atoms with E-state index in [1.807, 2.05) is 24.5 Å². The van der Waals surface area contributed by atoms with E-state index < -0.39 is 6.03 Å². The van der Waals surface area contributed by atoms with E-state index in [9.17, 15) is 4.79 Å². The molecule has 1 aromatic carbocycles. The average Bonchev–Trinajstić information content (AvgIpc) is 2.31. The molecule has 1 rings (SSSR count). The van der Waals surface area contributed by atoms with Gasteiger partial charge in [-0.3, -0.25) is 5.43 Å². The van der Waals surface area contributed by atoms with Crippen molar-refractivity contribution in [1.82, 2.24) is 10.9 Å². The first-order valence-corrected chi connectivity index (χ1v) is 5.14. The smallest absolute Gasteiger partial charge is 0.274 e. The lowest BCUT2D eigenvalue weighted by Gasteiger charge is -2.04. The third-order valence-electron chi connectivity index (χ3n) is 1.94. The van der Waals surface area contributed by atoms with Crippen LogP contribution in [0.3, 0.4) is 0 Å². The van der Waals surface area contributed by atoms with Crippen LogP contribution in [0.2, 0.25) is 5.02 Å². The fraction of sp³-hybridized carbons (Fsp3) is 0.200. The minimum Gasteiger partial charge on any atom is -0.274 e. The highest BCUT2D eigenvalue weighted by Crippen LogP contribution is 2.11. The molecule has 0 unspecified atom stereocenters. The topological polar surface area (TPSA) is 79.5 Å². The molecular weight excluding hydrogens is 228 g/mol. The third kappa shape index (κ3) is 3.52. The molecule has 6 heteroatoms. The van der Waals surface area contributed by atoms with Crippen molar-refractivity contribution in [2.45, 2.75) is 13.3 Å². The van der Waals surface area contributed by atoms with Gasteiger partial charge in [-0.2, -0.15) is 5.10 Å². The maximum Gasteiger partial charge on any atom is 0.349 e. The summed E-state index contributed by atoms with van der Waals surface area (Å²) in [6, 6.07) is 6.66. The lowest BCUT2D eigenvalue weighted by atomic mass is 10.1. The maximum absolute atomic E-state index is 10.8. The van der Waals surface area contributed by atoms with Gasteiger partial charge in [0, 0.05) is 5.02 Å². The Morgan fingerprint density at radius 3 is 2.56 bits per heavy atom. The van der Waals surface area contributed by atoms with Crippen LogP contribution in [0, 0.1) is 0 Å². The van der Waals surface area contributed by atoms with Gasteiger partial charge in [-0.15, -0.1) is 0 Å². The molecule has 0 aliphatic heterocycles. The molecule has 0 heterocycles. The summed E-state index contributed by atoms with van der Waals surface area (Å²) in [5.74, 6) is 4.91. The van der Waals surface area contributed by atoms with Crippen molar-refractivity contribution < 1.29 is 4.79 Å². The maximum atomic E-state index is 10.8. The Hall–Kier alpha value is -1.59. The molecule has 0 bridgehead atoms. The second-order valence-electron chi connectivity index (χ2n) is 3.00. The van der Waals surface area contributed by atoms with Gasteiger partial charge in [-0.1, -0.05) is 30.7 Å². The quantitative estimate of drug-likeness (QED) is 0.325. The standard InChI is InChI=1S/C10H13ClN4O/c1-2-9(14-15-10(16)13-12)7-3-5-8(11)6-4-7/h3-6H,2,12H2,1H3,(H2,13,15,16)/b14-9+. The highest BCUT2D eigenvalue weighted by atomic mass is 35.5. The Bertz CT molecular complexity index is 388. The number of nitrogens with one attached hydrogen (secondary N) is 2. The first-order valence-electron chi connectivity index (χ1n) is 4.76. The Labute approximate surface area is 98.6 Å². The highest BCUT2D eigenvalue weighted by Gasteiger charge is 2.02. The molecule has 0 saturated heterocycles. The summed E-state index contributed by atoms with van der Waals surface area (Å²) in [4.78, 5) is 10.8. The van der Waals surface area contributed by atoms with Gasteiger partial charge >= 0.3 is 6.03 Å². The molecule has 0 aliphatic rings. The Balaban J connectivity index is 2.81. The Morgan fingerprint density at radius 2 is 2.06 bits per heavy atom. The van der Waals surface area contributed by atoms with Gasteiger partial charge in [0.25, 0.3) is 0 Å². The number of nitrogens with zero attached hydrogens (tertiary/aromatic N) is 1. The van der Waals surface area contributed by atoms with Crippen molar-refractivity contribution in [2.75, 3.05) is 0 Å². The second-order valence-corrected chi connectivity index (χ2v) is 3.44. The summed E-state index contributed by atoms with van der Waals surface area (Å²) in [6.07, 6.45) is 0.687. The zero-order chi connectivity index (χ0) is 12.0. The molecule has 2 amide bonds. The lowest BCUT2D eigenvalue weighted by molar-refractivity contribution is 0.241. The molecule has 16 heavy (non-hydrogen) atoms. The van der Waals surface area contributed by atoms with Crippen molar-refractivity contribution in [3.63, 3.8) is 0 Å². The number of urea groups is 1. The van der Waals surface area contributed by atoms with E-state index in [4.69, 9.17) is 17.4 Å². The number of hydrazine groups is 1. The largest absolute Gasteiger partial charge is 0.349 e. The van der Waals surface area contributed by atoms with Crippen LogP contribution in [-0.2, 0) is 0 Å². The van der Waals surface area contributed by atoms with Crippen LogP contribution in [0.4, 0.5) is 4.79 Å². The van der Waals surface area contributed by atoms with E-state index in [1.54, 1.807) is 12.1 Å². The number of hydrazone groups is 1. The number of nitrogens with two attached hydrogens (primary N) is 1. The molecule has 0 atom stereocenters. The number of rotatable bonds is 3. The van der Waals surface area contributed by atoms with E-state index in [0.29, 0.717) is 11.4 Å². The first kappa shape index (κ1) is 12.5. The molecule has 0 aromatic heterocycles. The molecule has 86 valence electrons. The number of amides is 2. The van der Waals surface area contributed by atoms with Crippen molar-refractivity contribution in [2.24, 2.45) is 10.9 Å². The van der Waals surface area contributed by atoms with Gasteiger partial charge in [0.05, 0.1) is 5.71 Å². The van der Waals surface area contributed by atoms with Gasteiger partial charge in [0.15, 0.2) is 0 Å². The number of carbonyl (C=O) groups is 1. The van der Waals surface area contributed by atoms with Crippen molar-refractivity contribution in [3.05, 3.63) is 34.9 Å². The first-order chi connectivity index (χ1) is 7.67. The Morgan fingerprint density at radius 1 is 1.44 bits per heavy atom.